The standard InChI is InChI=1S/C19H20N2O2S/c1-10-4-6-13-12(3)17(23-15(13)8-10)18(22)21-19-20-14-7-5-11(2)9-16(14)24-19/h4,6,8,11H,5,7,9H2,1-3H3,(H,20,21,22)/t11-/m1/s1. The number of carbonyl (C=O) groups is 1. The largest absolute Gasteiger partial charge is 0.451 e. The normalized spacial score (nSPS) is 17.0. The Balaban J connectivity index is 1.62. The van der Waals surface area contributed by atoms with Crippen LogP contribution in [0.4, 0.5) is 5.13 Å². The van der Waals surface area contributed by atoms with E-state index >= 15 is 0 Å². The summed E-state index contributed by atoms with van der Waals surface area (Å²) in [4.78, 5) is 18.5. The lowest BCUT2D eigenvalue weighted by atomic mass is 9.93. The van der Waals surface area contributed by atoms with Crippen molar-refractivity contribution in [3.63, 3.8) is 0 Å². The Morgan fingerprint density at radius 1 is 1.38 bits per heavy atom. The molecule has 1 amide bonds. The van der Waals surface area contributed by atoms with Crippen LogP contribution >= 0.6 is 11.3 Å². The lowest BCUT2D eigenvalue weighted by Gasteiger charge is -2.15. The molecule has 0 spiro atoms. The smallest absolute Gasteiger partial charge is 0.293 e. The second-order valence-corrected chi connectivity index (χ2v) is 7.83. The minimum atomic E-state index is -0.222. The van der Waals surface area contributed by atoms with Crippen LogP contribution in [0.2, 0.25) is 0 Å². The van der Waals surface area contributed by atoms with Crippen LogP contribution in [0.5, 0.6) is 0 Å². The summed E-state index contributed by atoms with van der Waals surface area (Å²) in [6.45, 7) is 6.20. The fourth-order valence-corrected chi connectivity index (χ4v) is 4.46. The van der Waals surface area contributed by atoms with E-state index < -0.39 is 0 Å². The van der Waals surface area contributed by atoms with Gasteiger partial charge in [0.2, 0.25) is 0 Å². The predicted molar refractivity (Wildman–Crippen MR) is 96.9 cm³/mol. The molecule has 1 aromatic carbocycles. The summed E-state index contributed by atoms with van der Waals surface area (Å²) >= 11 is 1.59. The summed E-state index contributed by atoms with van der Waals surface area (Å²) in [5.41, 5.74) is 3.89. The average Bonchev–Trinajstić information content (AvgIpc) is 3.07. The Morgan fingerprint density at radius 3 is 3.04 bits per heavy atom. The maximum Gasteiger partial charge on any atom is 0.293 e. The number of aromatic nitrogens is 1. The van der Waals surface area contributed by atoms with Gasteiger partial charge in [0.05, 0.1) is 5.69 Å². The van der Waals surface area contributed by atoms with E-state index in [0.29, 0.717) is 16.8 Å². The second kappa shape index (κ2) is 5.74. The van der Waals surface area contributed by atoms with E-state index in [1.165, 1.54) is 11.3 Å². The quantitative estimate of drug-likeness (QED) is 0.723. The molecule has 0 saturated carbocycles. The van der Waals surface area contributed by atoms with Gasteiger partial charge in [0.25, 0.3) is 5.91 Å². The van der Waals surface area contributed by atoms with Gasteiger partial charge in [-0.3, -0.25) is 10.1 Å². The van der Waals surface area contributed by atoms with Crippen molar-refractivity contribution in [1.29, 1.82) is 0 Å². The molecule has 0 aliphatic heterocycles. The SMILES string of the molecule is Cc1ccc2c(C)c(C(=O)Nc3nc4c(s3)C[C@H](C)CC4)oc2c1. The molecule has 1 aliphatic rings. The fraction of sp³-hybridized carbons (Fsp3) is 0.368. The molecule has 4 nitrogen and oxygen atoms in total. The van der Waals surface area contributed by atoms with Crippen LogP contribution in [0, 0.1) is 19.8 Å². The van der Waals surface area contributed by atoms with Crippen molar-refractivity contribution in [2.75, 3.05) is 5.32 Å². The molecule has 24 heavy (non-hydrogen) atoms. The van der Waals surface area contributed by atoms with E-state index in [1.807, 2.05) is 32.0 Å². The molecule has 1 aliphatic carbocycles. The summed E-state index contributed by atoms with van der Waals surface area (Å²) in [5.74, 6) is 0.847. The van der Waals surface area contributed by atoms with Crippen molar-refractivity contribution >= 4 is 33.3 Å². The van der Waals surface area contributed by atoms with Crippen LogP contribution in [0.1, 0.15) is 45.6 Å². The average molecular weight is 340 g/mol. The number of aryl methyl sites for hydroxylation is 3. The van der Waals surface area contributed by atoms with Gasteiger partial charge in [0, 0.05) is 15.8 Å². The van der Waals surface area contributed by atoms with E-state index in [-0.39, 0.29) is 5.91 Å². The van der Waals surface area contributed by atoms with E-state index in [0.717, 1.165) is 40.6 Å². The first kappa shape index (κ1) is 15.4. The molecule has 2 aromatic heterocycles. The number of amides is 1. The van der Waals surface area contributed by atoms with Gasteiger partial charge in [-0.1, -0.05) is 19.1 Å². The molecule has 0 unspecified atom stereocenters. The molecule has 0 bridgehead atoms. The van der Waals surface area contributed by atoms with E-state index in [1.54, 1.807) is 11.3 Å². The van der Waals surface area contributed by atoms with Crippen LogP contribution < -0.4 is 5.32 Å². The van der Waals surface area contributed by atoms with Crippen molar-refractivity contribution in [2.24, 2.45) is 5.92 Å². The number of carbonyl (C=O) groups excluding carboxylic acids is 1. The van der Waals surface area contributed by atoms with Crippen LogP contribution in [-0.4, -0.2) is 10.9 Å². The monoisotopic (exact) mass is 340 g/mol. The van der Waals surface area contributed by atoms with Crippen molar-refractivity contribution in [1.82, 2.24) is 4.98 Å². The molecule has 0 fully saturated rings. The number of anilines is 1. The molecule has 124 valence electrons. The minimum absolute atomic E-state index is 0.222. The molecule has 0 saturated heterocycles. The number of rotatable bonds is 2. The van der Waals surface area contributed by atoms with Crippen LogP contribution in [0.25, 0.3) is 11.0 Å². The number of nitrogens with zero attached hydrogens (tertiary/aromatic N) is 1. The Hall–Kier alpha value is -2.14. The van der Waals surface area contributed by atoms with Gasteiger partial charge in [-0.25, -0.2) is 4.98 Å². The Labute approximate surface area is 144 Å². The number of nitrogens with one attached hydrogen (secondary N) is 1. The summed E-state index contributed by atoms with van der Waals surface area (Å²) in [7, 11) is 0. The number of furan rings is 1. The zero-order valence-corrected chi connectivity index (χ0v) is 14.9. The molecule has 2 heterocycles. The van der Waals surface area contributed by atoms with Crippen LogP contribution in [0.3, 0.4) is 0 Å². The molecule has 0 radical (unpaired) electrons. The van der Waals surface area contributed by atoms with Gasteiger partial charge < -0.3 is 4.42 Å². The van der Waals surface area contributed by atoms with Crippen molar-refractivity contribution < 1.29 is 9.21 Å². The highest BCUT2D eigenvalue weighted by Crippen LogP contribution is 2.33. The molecule has 1 atom stereocenters. The maximum absolute atomic E-state index is 12.6. The number of hydrogen-bond acceptors (Lipinski definition) is 4. The Morgan fingerprint density at radius 2 is 2.21 bits per heavy atom. The third-order valence-electron chi connectivity index (χ3n) is 4.71. The first-order valence-electron chi connectivity index (χ1n) is 8.31. The highest BCUT2D eigenvalue weighted by atomic mass is 32.1. The number of hydrogen-bond donors (Lipinski definition) is 1. The summed E-state index contributed by atoms with van der Waals surface area (Å²) in [6.07, 6.45) is 3.24. The van der Waals surface area contributed by atoms with Gasteiger partial charge in [-0.05, 0) is 50.7 Å². The zero-order chi connectivity index (χ0) is 16.8. The van der Waals surface area contributed by atoms with E-state index in [4.69, 9.17) is 4.42 Å². The number of benzene rings is 1. The molecule has 4 rings (SSSR count). The van der Waals surface area contributed by atoms with Gasteiger partial charge in [-0.2, -0.15) is 0 Å². The summed E-state index contributed by atoms with van der Waals surface area (Å²) in [6, 6.07) is 5.99. The lowest BCUT2D eigenvalue weighted by molar-refractivity contribution is 0.0998. The number of fused-ring (bicyclic) bond motifs is 2. The van der Waals surface area contributed by atoms with Crippen LogP contribution in [-0.2, 0) is 12.8 Å². The van der Waals surface area contributed by atoms with Crippen LogP contribution in [0.15, 0.2) is 22.6 Å². The topological polar surface area (TPSA) is 55.1 Å². The first-order valence-corrected chi connectivity index (χ1v) is 9.12. The van der Waals surface area contributed by atoms with Crippen molar-refractivity contribution in [2.45, 2.75) is 40.0 Å². The molecular formula is C19H20N2O2S. The Bertz CT molecular complexity index is 938. The van der Waals surface area contributed by atoms with Crippen molar-refractivity contribution in [3.8, 4) is 0 Å². The van der Waals surface area contributed by atoms with Gasteiger partial charge in [0.15, 0.2) is 10.9 Å². The second-order valence-electron chi connectivity index (χ2n) is 6.75. The maximum atomic E-state index is 12.6. The molecular weight excluding hydrogens is 320 g/mol. The van der Waals surface area contributed by atoms with Gasteiger partial charge in [0.1, 0.15) is 5.58 Å². The van der Waals surface area contributed by atoms with E-state index in [2.05, 4.69) is 17.2 Å². The highest BCUT2D eigenvalue weighted by Gasteiger charge is 2.23. The summed E-state index contributed by atoms with van der Waals surface area (Å²) in [5, 5.41) is 4.58. The molecule has 5 heteroatoms. The van der Waals surface area contributed by atoms with Crippen molar-refractivity contribution in [3.05, 3.63) is 45.7 Å². The molecule has 3 aromatic rings. The zero-order valence-electron chi connectivity index (χ0n) is 14.1. The lowest BCUT2D eigenvalue weighted by Crippen LogP contribution is -2.12. The first-order chi connectivity index (χ1) is 11.5. The highest BCUT2D eigenvalue weighted by molar-refractivity contribution is 7.15. The van der Waals surface area contributed by atoms with Gasteiger partial charge in [-0.15, -0.1) is 11.3 Å². The van der Waals surface area contributed by atoms with Gasteiger partial charge >= 0.3 is 0 Å². The third kappa shape index (κ3) is 2.63. The fourth-order valence-electron chi connectivity index (χ4n) is 3.30. The minimum Gasteiger partial charge on any atom is -0.451 e. The number of thiazole rings is 1. The molecule has 1 N–H and O–H groups in total. The predicted octanol–water partition coefficient (Wildman–Crippen LogP) is 4.88. The summed E-state index contributed by atoms with van der Waals surface area (Å²) < 4.78 is 5.80. The van der Waals surface area contributed by atoms with E-state index in [9.17, 15) is 4.79 Å². The third-order valence-corrected chi connectivity index (χ3v) is 5.74. The Kier molecular flexibility index (Phi) is 3.68.